The molecule has 92 valence electrons. The number of aliphatic hydroxyl groups is 2. The van der Waals surface area contributed by atoms with Crippen LogP contribution in [-0.2, 0) is 4.79 Å². The highest BCUT2D eigenvalue weighted by atomic mass is 16.4. The maximum absolute atomic E-state index is 11.3. The fourth-order valence-corrected chi connectivity index (χ4v) is 1.24. The number of anilines is 1. The Bertz CT molecular complexity index is 418. The van der Waals surface area contributed by atoms with E-state index in [1.807, 2.05) is 0 Å². The highest BCUT2D eigenvalue weighted by molar-refractivity contribution is 6.41. The number of hydrogen-bond donors (Lipinski definition) is 4. The second-order valence-corrected chi connectivity index (χ2v) is 3.40. The molecule has 0 fully saturated rings. The summed E-state index contributed by atoms with van der Waals surface area (Å²) < 4.78 is 0. The van der Waals surface area contributed by atoms with Gasteiger partial charge in [0.25, 0.3) is 5.78 Å². The Hall–Kier alpha value is -1.92. The van der Waals surface area contributed by atoms with Crippen LogP contribution >= 0.6 is 0 Å². The minimum atomic E-state index is -1.54. The van der Waals surface area contributed by atoms with Crippen LogP contribution in [0.25, 0.3) is 0 Å². The summed E-state index contributed by atoms with van der Waals surface area (Å²) in [4.78, 5) is 21.9. The summed E-state index contributed by atoms with van der Waals surface area (Å²) in [5.74, 6) is -2.56. The standard InChI is InChI=1S/C11H13NO5/c13-6-7(14)5-12-9-4-2-1-3-8(9)10(15)11(16)17/h1-4,7,12-14H,5-6H2,(H,16,17). The molecule has 6 heteroatoms. The first-order chi connectivity index (χ1) is 8.06. The van der Waals surface area contributed by atoms with E-state index in [1.165, 1.54) is 12.1 Å². The van der Waals surface area contributed by atoms with Gasteiger partial charge in [-0.2, -0.15) is 0 Å². The van der Waals surface area contributed by atoms with Crippen LogP contribution in [0, 0.1) is 0 Å². The van der Waals surface area contributed by atoms with Crippen LogP contribution in [0.3, 0.4) is 0 Å². The molecule has 17 heavy (non-hydrogen) atoms. The second-order valence-electron chi connectivity index (χ2n) is 3.40. The zero-order valence-electron chi connectivity index (χ0n) is 8.96. The van der Waals surface area contributed by atoms with Crippen molar-refractivity contribution in [3.05, 3.63) is 29.8 Å². The second kappa shape index (κ2) is 5.97. The molecule has 0 heterocycles. The summed E-state index contributed by atoms with van der Waals surface area (Å²) in [6, 6.07) is 6.08. The first-order valence-electron chi connectivity index (χ1n) is 4.95. The number of Topliss-reactive ketones (excluding diaryl/α,β-unsaturated/α-hetero) is 1. The van der Waals surface area contributed by atoms with Gasteiger partial charge in [0.05, 0.1) is 18.3 Å². The van der Waals surface area contributed by atoms with Crippen molar-refractivity contribution in [1.82, 2.24) is 0 Å². The lowest BCUT2D eigenvalue weighted by molar-refractivity contribution is -0.131. The third-order valence-corrected chi connectivity index (χ3v) is 2.10. The van der Waals surface area contributed by atoms with Crippen LogP contribution in [0.15, 0.2) is 24.3 Å². The van der Waals surface area contributed by atoms with Crippen LogP contribution < -0.4 is 5.32 Å². The summed E-state index contributed by atoms with van der Waals surface area (Å²) in [7, 11) is 0. The molecule has 0 aliphatic rings. The van der Waals surface area contributed by atoms with Gasteiger partial charge in [-0.3, -0.25) is 4.79 Å². The number of nitrogens with one attached hydrogen (secondary N) is 1. The molecule has 0 aliphatic carbocycles. The molecular weight excluding hydrogens is 226 g/mol. The van der Waals surface area contributed by atoms with Gasteiger partial charge >= 0.3 is 5.97 Å². The van der Waals surface area contributed by atoms with Crippen molar-refractivity contribution in [2.24, 2.45) is 0 Å². The van der Waals surface area contributed by atoms with Crippen molar-refractivity contribution in [3.8, 4) is 0 Å². The van der Waals surface area contributed by atoms with Gasteiger partial charge in [-0.15, -0.1) is 0 Å². The molecule has 0 saturated carbocycles. The van der Waals surface area contributed by atoms with Crippen molar-refractivity contribution < 1.29 is 24.9 Å². The van der Waals surface area contributed by atoms with Gasteiger partial charge in [0, 0.05) is 12.2 Å². The molecule has 1 atom stereocenters. The summed E-state index contributed by atoms with van der Waals surface area (Å²) >= 11 is 0. The Labute approximate surface area is 97.5 Å². The molecule has 0 spiro atoms. The van der Waals surface area contributed by atoms with E-state index in [1.54, 1.807) is 12.1 Å². The van der Waals surface area contributed by atoms with Gasteiger partial charge in [-0.05, 0) is 12.1 Å². The fourth-order valence-electron chi connectivity index (χ4n) is 1.24. The lowest BCUT2D eigenvalue weighted by Crippen LogP contribution is -2.24. The number of aliphatic carboxylic acids is 1. The molecule has 4 N–H and O–H groups in total. The van der Waals surface area contributed by atoms with Gasteiger partial charge in [-0.1, -0.05) is 12.1 Å². The Morgan fingerprint density at radius 1 is 1.29 bits per heavy atom. The van der Waals surface area contributed by atoms with E-state index in [0.717, 1.165) is 0 Å². The van der Waals surface area contributed by atoms with Crippen molar-refractivity contribution in [3.63, 3.8) is 0 Å². The molecule has 1 aromatic carbocycles. The van der Waals surface area contributed by atoms with Gasteiger partial charge in [-0.25, -0.2) is 4.79 Å². The fraction of sp³-hybridized carbons (Fsp3) is 0.273. The molecule has 0 aromatic heterocycles. The molecular formula is C11H13NO5. The van der Waals surface area contributed by atoms with E-state index in [9.17, 15) is 9.59 Å². The lowest BCUT2D eigenvalue weighted by atomic mass is 10.1. The molecule has 0 radical (unpaired) electrons. The Morgan fingerprint density at radius 3 is 2.53 bits per heavy atom. The first-order valence-corrected chi connectivity index (χ1v) is 4.95. The van der Waals surface area contributed by atoms with Crippen molar-refractivity contribution in [1.29, 1.82) is 0 Å². The maximum Gasteiger partial charge on any atom is 0.377 e. The van der Waals surface area contributed by atoms with Crippen molar-refractivity contribution >= 4 is 17.4 Å². The third-order valence-electron chi connectivity index (χ3n) is 2.10. The lowest BCUT2D eigenvalue weighted by Gasteiger charge is -2.12. The van der Waals surface area contributed by atoms with Crippen LogP contribution in [0.2, 0.25) is 0 Å². The van der Waals surface area contributed by atoms with Crippen LogP contribution in [0.4, 0.5) is 5.69 Å². The smallest absolute Gasteiger partial charge is 0.377 e. The minimum Gasteiger partial charge on any atom is -0.475 e. The SMILES string of the molecule is O=C(O)C(=O)c1ccccc1NCC(O)CO. The number of carboxylic acid groups (broad SMARTS) is 1. The molecule has 1 unspecified atom stereocenters. The largest absolute Gasteiger partial charge is 0.475 e. The van der Waals surface area contributed by atoms with E-state index >= 15 is 0 Å². The van der Waals surface area contributed by atoms with Crippen molar-refractivity contribution in [2.75, 3.05) is 18.5 Å². The summed E-state index contributed by atoms with van der Waals surface area (Å²) in [6.45, 7) is -0.386. The van der Waals surface area contributed by atoms with Crippen LogP contribution in [0.5, 0.6) is 0 Å². The predicted molar refractivity (Wildman–Crippen MR) is 60.0 cm³/mol. The molecule has 6 nitrogen and oxygen atoms in total. The normalized spacial score (nSPS) is 11.9. The van der Waals surface area contributed by atoms with Crippen LogP contribution in [0.1, 0.15) is 10.4 Å². The number of rotatable bonds is 6. The Balaban J connectivity index is 2.85. The highest BCUT2D eigenvalue weighted by Crippen LogP contribution is 2.15. The molecule has 0 amide bonds. The quantitative estimate of drug-likeness (QED) is 0.402. The number of carbonyl (C=O) groups excluding carboxylic acids is 1. The average molecular weight is 239 g/mol. The zero-order chi connectivity index (χ0) is 12.8. The number of hydrogen-bond acceptors (Lipinski definition) is 5. The van der Waals surface area contributed by atoms with E-state index in [2.05, 4.69) is 5.32 Å². The number of carboxylic acids is 1. The first kappa shape index (κ1) is 13.1. The van der Waals surface area contributed by atoms with Gasteiger partial charge < -0.3 is 20.6 Å². The minimum absolute atomic E-state index is 0.0186. The number of benzene rings is 1. The van der Waals surface area contributed by atoms with Gasteiger partial charge in [0.15, 0.2) is 0 Å². The van der Waals surface area contributed by atoms with E-state index in [0.29, 0.717) is 5.69 Å². The third kappa shape index (κ3) is 3.54. The molecule has 0 bridgehead atoms. The Morgan fingerprint density at radius 2 is 1.94 bits per heavy atom. The zero-order valence-corrected chi connectivity index (χ0v) is 8.96. The van der Waals surface area contributed by atoms with Crippen LogP contribution in [-0.4, -0.2) is 46.3 Å². The predicted octanol–water partition coefficient (Wildman–Crippen LogP) is -0.281. The molecule has 0 saturated heterocycles. The number of para-hydroxylation sites is 1. The average Bonchev–Trinajstić information content (AvgIpc) is 2.35. The monoisotopic (exact) mass is 239 g/mol. The van der Waals surface area contributed by atoms with Crippen molar-refractivity contribution in [2.45, 2.75) is 6.10 Å². The molecule has 0 aliphatic heterocycles. The number of carbonyl (C=O) groups is 2. The summed E-state index contributed by atoms with van der Waals surface area (Å²) in [5.41, 5.74) is 0.331. The molecule has 1 aromatic rings. The number of aliphatic hydroxyl groups excluding tert-OH is 2. The number of ketones is 1. The Kier molecular flexibility index (Phi) is 4.62. The summed E-state index contributed by atoms with van der Waals surface area (Å²) in [5, 5.41) is 29.1. The molecule has 1 rings (SSSR count). The van der Waals surface area contributed by atoms with Gasteiger partial charge in [0.2, 0.25) is 0 Å². The maximum atomic E-state index is 11.3. The topological polar surface area (TPSA) is 107 Å². The van der Waals surface area contributed by atoms with E-state index in [-0.39, 0.29) is 12.1 Å². The summed E-state index contributed by atoms with van der Waals surface area (Å²) in [6.07, 6.45) is -0.969. The highest BCUT2D eigenvalue weighted by Gasteiger charge is 2.18. The van der Waals surface area contributed by atoms with Gasteiger partial charge in [0.1, 0.15) is 0 Å². The van der Waals surface area contributed by atoms with E-state index < -0.39 is 24.5 Å². The van der Waals surface area contributed by atoms with E-state index in [4.69, 9.17) is 15.3 Å².